The van der Waals surface area contributed by atoms with E-state index >= 15 is 0 Å². The molecule has 0 N–H and O–H groups in total. The Morgan fingerprint density at radius 1 is 1.58 bits per heavy atom. The maximum absolute atomic E-state index is 8.03. The predicted octanol–water partition coefficient (Wildman–Crippen LogP) is 2.24. The van der Waals surface area contributed by atoms with E-state index in [4.69, 9.17) is 5.53 Å². The van der Waals surface area contributed by atoms with E-state index < -0.39 is 0 Å². The zero-order valence-electron chi connectivity index (χ0n) is 6.94. The van der Waals surface area contributed by atoms with Crippen molar-refractivity contribution in [3.63, 3.8) is 0 Å². The lowest BCUT2D eigenvalue weighted by atomic mass is 10.2. The van der Waals surface area contributed by atoms with Gasteiger partial charge in [0.2, 0.25) is 0 Å². The Hall–Kier alpha value is -1.54. The minimum Gasteiger partial charge on any atom is -0.261 e. The monoisotopic (exact) mass is 162 g/mol. The number of aromatic nitrogens is 1. The van der Waals surface area contributed by atoms with Crippen LogP contribution in [0, 0.1) is 6.92 Å². The van der Waals surface area contributed by atoms with Gasteiger partial charge < -0.3 is 0 Å². The molecule has 1 aromatic heterocycles. The van der Waals surface area contributed by atoms with Crippen molar-refractivity contribution < 1.29 is 0 Å². The Morgan fingerprint density at radius 2 is 2.42 bits per heavy atom. The minimum absolute atomic E-state index is 0.479. The Morgan fingerprint density at radius 3 is 3.00 bits per heavy atom. The third-order valence-corrected chi connectivity index (χ3v) is 1.50. The van der Waals surface area contributed by atoms with Gasteiger partial charge in [0.1, 0.15) is 0 Å². The molecule has 1 aromatic rings. The van der Waals surface area contributed by atoms with E-state index in [0.29, 0.717) is 13.0 Å². The van der Waals surface area contributed by atoms with Gasteiger partial charge in [0.15, 0.2) is 0 Å². The third kappa shape index (κ3) is 2.60. The number of hydrogen-bond acceptors (Lipinski definition) is 2. The molecule has 0 atom stereocenters. The zero-order valence-corrected chi connectivity index (χ0v) is 6.94. The van der Waals surface area contributed by atoms with Crippen LogP contribution in [0.5, 0.6) is 0 Å². The summed E-state index contributed by atoms with van der Waals surface area (Å²) in [4.78, 5) is 6.83. The van der Waals surface area contributed by atoms with Gasteiger partial charge in [-0.15, -0.1) is 0 Å². The number of azide groups is 1. The Kier molecular flexibility index (Phi) is 3.11. The molecular weight excluding hydrogens is 152 g/mol. The van der Waals surface area contributed by atoms with Crippen LogP contribution in [0.15, 0.2) is 23.4 Å². The molecule has 0 bridgehead atoms. The molecule has 0 aromatic carbocycles. The second-order valence-electron chi connectivity index (χ2n) is 2.53. The first-order chi connectivity index (χ1) is 5.83. The number of nitrogens with zero attached hydrogens (tertiary/aromatic N) is 4. The van der Waals surface area contributed by atoms with E-state index in [2.05, 4.69) is 15.0 Å². The van der Waals surface area contributed by atoms with Crippen molar-refractivity contribution in [2.24, 2.45) is 5.11 Å². The second kappa shape index (κ2) is 4.36. The highest BCUT2D eigenvalue weighted by Crippen LogP contribution is 1.99. The highest BCUT2D eigenvalue weighted by molar-refractivity contribution is 5.12. The molecule has 0 aliphatic rings. The fourth-order valence-corrected chi connectivity index (χ4v) is 0.856. The van der Waals surface area contributed by atoms with Gasteiger partial charge in [-0.3, -0.25) is 4.98 Å². The maximum Gasteiger partial charge on any atom is 0.0405 e. The van der Waals surface area contributed by atoms with E-state index in [0.717, 1.165) is 11.3 Å². The topological polar surface area (TPSA) is 61.7 Å². The van der Waals surface area contributed by atoms with E-state index in [-0.39, 0.29) is 0 Å². The highest BCUT2D eigenvalue weighted by Gasteiger charge is 1.91. The summed E-state index contributed by atoms with van der Waals surface area (Å²) < 4.78 is 0. The number of pyridine rings is 1. The normalized spacial score (nSPS) is 9.08. The molecule has 0 amide bonds. The van der Waals surface area contributed by atoms with Crippen molar-refractivity contribution in [2.75, 3.05) is 6.54 Å². The summed E-state index contributed by atoms with van der Waals surface area (Å²) in [7, 11) is 0. The van der Waals surface area contributed by atoms with Gasteiger partial charge in [-0.2, -0.15) is 0 Å². The van der Waals surface area contributed by atoms with E-state index in [1.165, 1.54) is 0 Å². The molecule has 0 spiro atoms. The average molecular weight is 162 g/mol. The molecule has 0 aliphatic carbocycles. The Labute approximate surface area is 70.9 Å². The molecule has 0 saturated heterocycles. The molecule has 1 rings (SSSR count). The van der Waals surface area contributed by atoms with Crippen molar-refractivity contribution in [3.05, 3.63) is 40.0 Å². The summed E-state index contributed by atoms with van der Waals surface area (Å²) in [6.45, 7) is 2.47. The van der Waals surface area contributed by atoms with Gasteiger partial charge in [0.05, 0.1) is 0 Å². The van der Waals surface area contributed by atoms with Gasteiger partial charge in [-0.25, -0.2) is 0 Å². The van der Waals surface area contributed by atoms with Crippen LogP contribution in [0.4, 0.5) is 0 Å². The molecule has 4 nitrogen and oxygen atoms in total. The fraction of sp³-hybridized carbons (Fsp3) is 0.375. The number of rotatable bonds is 3. The molecule has 0 aliphatic heterocycles. The first kappa shape index (κ1) is 8.56. The quantitative estimate of drug-likeness (QED) is 0.382. The molecule has 62 valence electrons. The summed E-state index contributed by atoms with van der Waals surface area (Å²) >= 11 is 0. The molecule has 0 fully saturated rings. The largest absolute Gasteiger partial charge is 0.261 e. The van der Waals surface area contributed by atoms with Crippen LogP contribution in [0.3, 0.4) is 0 Å². The van der Waals surface area contributed by atoms with Crippen molar-refractivity contribution in [2.45, 2.75) is 13.3 Å². The lowest BCUT2D eigenvalue weighted by Crippen LogP contribution is -1.92. The lowest BCUT2D eigenvalue weighted by molar-refractivity contribution is 0.912. The van der Waals surface area contributed by atoms with E-state index in [1.807, 2.05) is 25.3 Å². The van der Waals surface area contributed by atoms with Gasteiger partial charge in [-0.05, 0) is 30.5 Å². The highest BCUT2D eigenvalue weighted by atomic mass is 15.1. The molecule has 4 heteroatoms. The zero-order chi connectivity index (χ0) is 8.81. The number of hydrogen-bond donors (Lipinski definition) is 0. The van der Waals surface area contributed by atoms with Crippen LogP contribution in [0.2, 0.25) is 0 Å². The van der Waals surface area contributed by atoms with Crippen molar-refractivity contribution in [1.82, 2.24) is 4.98 Å². The van der Waals surface area contributed by atoms with Crippen molar-refractivity contribution in [1.29, 1.82) is 0 Å². The lowest BCUT2D eigenvalue weighted by Gasteiger charge is -1.96. The summed E-state index contributed by atoms with van der Waals surface area (Å²) in [5.74, 6) is 0. The molecule has 0 unspecified atom stereocenters. The summed E-state index contributed by atoms with van der Waals surface area (Å²) in [6.07, 6.45) is 2.52. The van der Waals surface area contributed by atoms with Crippen LogP contribution in [-0.4, -0.2) is 11.5 Å². The predicted molar refractivity (Wildman–Crippen MR) is 46.7 cm³/mol. The van der Waals surface area contributed by atoms with Crippen molar-refractivity contribution in [3.8, 4) is 0 Å². The maximum atomic E-state index is 8.03. The first-order valence-corrected chi connectivity index (χ1v) is 3.75. The van der Waals surface area contributed by atoms with Gasteiger partial charge in [0, 0.05) is 23.3 Å². The Bertz CT molecular complexity index is 284. The van der Waals surface area contributed by atoms with Crippen LogP contribution in [0.1, 0.15) is 11.3 Å². The van der Waals surface area contributed by atoms with Gasteiger partial charge in [-0.1, -0.05) is 11.2 Å². The number of aryl methyl sites for hydroxylation is 1. The summed E-state index contributed by atoms with van der Waals surface area (Å²) in [5.41, 5.74) is 10.1. The smallest absolute Gasteiger partial charge is 0.0405 e. The summed E-state index contributed by atoms with van der Waals surface area (Å²) in [6, 6.07) is 3.95. The van der Waals surface area contributed by atoms with Gasteiger partial charge in [0.25, 0.3) is 0 Å². The van der Waals surface area contributed by atoms with E-state index in [1.54, 1.807) is 0 Å². The molecule has 12 heavy (non-hydrogen) atoms. The second-order valence-corrected chi connectivity index (χ2v) is 2.53. The fourth-order valence-electron chi connectivity index (χ4n) is 0.856. The summed E-state index contributed by atoms with van der Waals surface area (Å²) in [5, 5.41) is 3.43. The van der Waals surface area contributed by atoms with Crippen LogP contribution in [0.25, 0.3) is 10.4 Å². The molecular formula is C8H10N4. The molecule has 0 saturated carbocycles. The average Bonchev–Trinajstić information content (AvgIpc) is 2.09. The SMILES string of the molecule is Cc1ccc(CCN=[N+]=[N-])nc1. The van der Waals surface area contributed by atoms with Crippen LogP contribution in [-0.2, 0) is 6.42 Å². The van der Waals surface area contributed by atoms with Crippen LogP contribution >= 0.6 is 0 Å². The van der Waals surface area contributed by atoms with Gasteiger partial charge >= 0.3 is 0 Å². The molecule has 0 radical (unpaired) electrons. The first-order valence-electron chi connectivity index (χ1n) is 3.75. The van der Waals surface area contributed by atoms with E-state index in [9.17, 15) is 0 Å². The standard InChI is InChI=1S/C8H10N4/c1-7-2-3-8(10-6-7)4-5-11-12-9/h2-3,6H,4-5H2,1H3. The molecule has 1 heterocycles. The Balaban J connectivity index is 2.53. The third-order valence-electron chi connectivity index (χ3n) is 1.50. The van der Waals surface area contributed by atoms with Crippen molar-refractivity contribution >= 4 is 0 Å². The van der Waals surface area contributed by atoms with Crippen LogP contribution < -0.4 is 0 Å². The minimum atomic E-state index is 0.479.